The molecule has 2 aromatic rings. The molecule has 1 aromatic heterocycles. The highest BCUT2D eigenvalue weighted by Crippen LogP contribution is 2.14. The van der Waals surface area contributed by atoms with E-state index in [0.717, 1.165) is 11.3 Å². The van der Waals surface area contributed by atoms with Crippen molar-refractivity contribution in [2.24, 2.45) is 0 Å². The molecule has 5 heteroatoms. The Morgan fingerprint density at radius 1 is 1.35 bits per heavy atom. The molecule has 0 atom stereocenters. The number of rotatable bonds is 4. The first-order valence-electron chi connectivity index (χ1n) is 6.34. The van der Waals surface area contributed by atoms with Gasteiger partial charge in [0.05, 0.1) is 0 Å². The summed E-state index contributed by atoms with van der Waals surface area (Å²) in [5, 5.41) is 9.52. The zero-order valence-corrected chi connectivity index (χ0v) is 11.4. The molecule has 2 N–H and O–H groups in total. The van der Waals surface area contributed by atoms with Crippen LogP contribution in [0.5, 0.6) is 0 Å². The summed E-state index contributed by atoms with van der Waals surface area (Å²) in [6, 6.07) is 7.70. The maximum Gasteiger partial charge on any atom is 0.249 e. The molecule has 0 spiro atoms. The normalized spacial score (nSPS) is 11.2. The minimum Gasteiger partial charge on any atom is -0.306 e. The SMILES string of the molecule is CC(C)c1cc(NC(=O)/C=C/c2ccc(F)cc2)n[nH]1. The Labute approximate surface area is 116 Å². The van der Waals surface area contributed by atoms with Crippen molar-refractivity contribution in [3.05, 3.63) is 53.5 Å². The van der Waals surface area contributed by atoms with Gasteiger partial charge < -0.3 is 5.32 Å². The molecular formula is C15H16FN3O. The second kappa shape index (κ2) is 6.14. The summed E-state index contributed by atoms with van der Waals surface area (Å²) in [5.74, 6) is 0.228. The van der Waals surface area contributed by atoms with Crippen molar-refractivity contribution in [2.75, 3.05) is 5.32 Å². The summed E-state index contributed by atoms with van der Waals surface area (Å²) in [4.78, 5) is 11.7. The fraction of sp³-hybridized carbons (Fsp3) is 0.200. The Morgan fingerprint density at radius 3 is 2.65 bits per heavy atom. The van der Waals surface area contributed by atoms with E-state index >= 15 is 0 Å². The van der Waals surface area contributed by atoms with E-state index in [4.69, 9.17) is 0 Å². The van der Waals surface area contributed by atoms with Crippen molar-refractivity contribution >= 4 is 17.8 Å². The van der Waals surface area contributed by atoms with Crippen LogP contribution in [-0.4, -0.2) is 16.1 Å². The first kappa shape index (κ1) is 14.0. The van der Waals surface area contributed by atoms with E-state index in [1.165, 1.54) is 18.2 Å². The zero-order valence-electron chi connectivity index (χ0n) is 11.4. The van der Waals surface area contributed by atoms with Crippen LogP contribution >= 0.6 is 0 Å². The molecule has 104 valence electrons. The number of nitrogens with zero attached hydrogens (tertiary/aromatic N) is 1. The Kier molecular flexibility index (Phi) is 4.30. The molecule has 0 saturated carbocycles. The molecule has 2 rings (SSSR count). The van der Waals surface area contributed by atoms with Crippen LogP contribution in [0.2, 0.25) is 0 Å². The van der Waals surface area contributed by atoms with Gasteiger partial charge in [0, 0.05) is 17.8 Å². The minimum absolute atomic E-state index is 0.281. The van der Waals surface area contributed by atoms with E-state index in [1.54, 1.807) is 24.3 Å². The van der Waals surface area contributed by atoms with Crippen LogP contribution in [0.3, 0.4) is 0 Å². The molecular weight excluding hydrogens is 257 g/mol. The number of halogens is 1. The number of hydrogen-bond acceptors (Lipinski definition) is 2. The zero-order chi connectivity index (χ0) is 14.5. The van der Waals surface area contributed by atoms with Gasteiger partial charge in [0.1, 0.15) is 5.82 Å². The molecule has 20 heavy (non-hydrogen) atoms. The van der Waals surface area contributed by atoms with Crippen LogP contribution in [0.15, 0.2) is 36.4 Å². The molecule has 0 aliphatic carbocycles. The lowest BCUT2D eigenvalue weighted by molar-refractivity contribution is -0.111. The van der Waals surface area contributed by atoms with Gasteiger partial charge in [-0.1, -0.05) is 26.0 Å². The highest BCUT2D eigenvalue weighted by atomic mass is 19.1. The van der Waals surface area contributed by atoms with E-state index in [9.17, 15) is 9.18 Å². The smallest absolute Gasteiger partial charge is 0.249 e. The van der Waals surface area contributed by atoms with Crippen LogP contribution < -0.4 is 5.32 Å². The maximum absolute atomic E-state index is 12.7. The average Bonchev–Trinajstić information content (AvgIpc) is 2.87. The number of H-pyrrole nitrogens is 1. The largest absolute Gasteiger partial charge is 0.306 e. The Hall–Kier alpha value is -2.43. The number of benzene rings is 1. The van der Waals surface area contributed by atoms with Crippen molar-refractivity contribution < 1.29 is 9.18 Å². The number of aromatic amines is 1. The number of anilines is 1. The molecule has 0 unspecified atom stereocenters. The number of aromatic nitrogens is 2. The summed E-state index contributed by atoms with van der Waals surface area (Å²) in [7, 11) is 0. The predicted molar refractivity (Wildman–Crippen MR) is 76.7 cm³/mol. The van der Waals surface area contributed by atoms with Crippen LogP contribution in [-0.2, 0) is 4.79 Å². The predicted octanol–water partition coefficient (Wildman–Crippen LogP) is 3.32. The van der Waals surface area contributed by atoms with Gasteiger partial charge in [-0.05, 0) is 29.7 Å². The van der Waals surface area contributed by atoms with E-state index in [-0.39, 0.29) is 11.7 Å². The van der Waals surface area contributed by atoms with Gasteiger partial charge in [0.25, 0.3) is 0 Å². The van der Waals surface area contributed by atoms with Gasteiger partial charge in [-0.25, -0.2) is 4.39 Å². The molecule has 4 nitrogen and oxygen atoms in total. The lowest BCUT2D eigenvalue weighted by Crippen LogP contribution is -2.07. The van der Waals surface area contributed by atoms with Crippen LogP contribution in [0, 0.1) is 5.82 Å². The fourth-order valence-corrected chi connectivity index (χ4v) is 1.61. The summed E-state index contributed by atoms with van der Waals surface area (Å²) in [5.41, 5.74) is 1.72. The molecule has 0 bridgehead atoms. The summed E-state index contributed by atoms with van der Waals surface area (Å²) < 4.78 is 12.7. The van der Waals surface area contributed by atoms with Gasteiger partial charge in [0.15, 0.2) is 5.82 Å². The van der Waals surface area contributed by atoms with Gasteiger partial charge in [-0.3, -0.25) is 9.89 Å². The van der Waals surface area contributed by atoms with Crippen LogP contribution in [0.4, 0.5) is 10.2 Å². The molecule has 0 aliphatic rings. The van der Waals surface area contributed by atoms with Crippen molar-refractivity contribution in [3.63, 3.8) is 0 Å². The van der Waals surface area contributed by atoms with E-state index < -0.39 is 0 Å². The molecule has 1 aromatic carbocycles. The number of nitrogens with one attached hydrogen (secondary N) is 2. The topological polar surface area (TPSA) is 57.8 Å². The third kappa shape index (κ3) is 3.78. The molecule has 1 amide bonds. The monoisotopic (exact) mass is 273 g/mol. The Balaban J connectivity index is 1.96. The van der Waals surface area contributed by atoms with Gasteiger partial charge in [-0.15, -0.1) is 0 Å². The standard InChI is InChI=1S/C15H16FN3O/c1-10(2)13-9-14(19-18-13)17-15(20)8-5-11-3-6-12(16)7-4-11/h3-10H,1-2H3,(H2,17,18,19,20)/b8-5+. The first-order chi connectivity index (χ1) is 9.54. The van der Waals surface area contributed by atoms with E-state index in [2.05, 4.69) is 15.5 Å². The van der Waals surface area contributed by atoms with Crippen molar-refractivity contribution in [2.45, 2.75) is 19.8 Å². The quantitative estimate of drug-likeness (QED) is 0.839. The minimum atomic E-state index is -0.302. The number of carbonyl (C=O) groups is 1. The Morgan fingerprint density at radius 2 is 2.05 bits per heavy atom. The summed E-state index contributed by atoms with van der Waals surface area (Å²) in [6.07, 6.45) is 3.00. The summed E-state index contributed by atoms with van der Waals surface area (Å²) >= 11 is 0. The number of amides is 1. The van der Waals surface area contributed by atoms with Gasteiger partial charge in [-0.2, -0.15) is 5.10 Å². The van der Waals surface area contributed by atoms with Crippen molar-refractivity contribution in [1.82, 2.24) is 10.2 Å². The molecule has 0 radical (unpaired) electrons. The average molecular weight is 273 g/mol. The molecule has 1 heterocycles. The first-order valence-corrected chi connectivity index (χ1v) is 6.34. The van der Waals surface area contributed by atoms with Crippen LogP contribution in [0.25, 0.3) is 6.08 Å². The number of hydrogen-bond donors (Lipinski definition) is 2. The summed E-state index contributed by atoms with van der Waals surface area (Å²) in [6.45, 7) is 4.07. The van der Waals surface area contributed by atoms with E-state index in [1.807, 2.05) is 13.8 Å². The molecule has 0 saturated heterocycles. The second-order valence-corrected chi connectivity index (χ2v) is 4.74. The maximum atomic E-state index is 12.7. The van der Waals surface area contributed by atoms with Crippen LogP contribution in [0.1, 0.15) is 31.0 Å². The van der Waals surface area contributed by atoms with Gasteiger partial charge >= 0.3 is 0 Å². The Bertz CT molecular complexity index is 614. The van der Waals surface area contributed by atoms with Crippen molar-refractivity contribution in [1.29, 1.82) is 0 Å². The van der Waals surface area contributed by atoms with Crippen molar-refractivity contribution in [3.8, 4) is 0 Å². The fourth-order valence-electron chi connectivity index (χ4n) is 1.61. The number of carbonyl (C=O) groups excluding carboxylic acids is 1. The second-order valence-electron chi connectivity index (χ2n) is 4.74. The molecule has 0 aliphatic heterocycles. The molecule has 0 fully saturated rings. The van der Waals surface area contributed by atoms with E-state index in [0.29, 0.717) is 11.7 Å². The highest BCUT2D eigenvalue weighted by Gasteiger charge is 2.06. The lowest BCUT2D eigenvalue weighted by atomic mass is 10.1. The third-order valence-corrected chi connectivity index (χ3v) is 2.77. The highest BCUT2D eigenvalue weighted by molar-refractivity contribution is 6.01. The lowest BCUT2D eigenvalue weighted by Gasteiger charge is -1.97. The van der Waals surface area contributed by atoms with Gasteiger partial charge in [0.2, 0.25) is 5.91 Å². The third-order valence-electron chi connectivity index (χ3n) is 2.77.